The van der Waals surface area contributed by atoms with Crippen molar-refractivity contribution in [2.45, 2.75) is 18.5 Å². The SMILES string of the molecule is COC(=O)[C@@]1(N)CCN(Cc2ccccc2)C1. The van der Waals surface area contributed by atoms with Crippen molar-refractivity contribution in [3.63, 3.8) is 0 Å². The first-order valence-electron chi connectivity index (χ1n) is 5.78. The number of hydrogen-bond acceptors (Lipinski definition) is 4. The van der Waals surface area contributed by atoms with Gasteiger partial charge in [-0.15, -0.1) is 0 Å². The minimum atomic E-state index is -0.830. The van der Waals surface area contributed by atoms with Crippen LogP contribution in [0.15, 0.2) is 30.3 Å². The van der Waals surface area contributed by atoms with E-state index in [0.717, 1.165) is 13.1 Å². The summed E-state index contributed by atoms with van der Waals surface area (Å²) < 4.78 is 4.75. The maximum Gasteiger partial charge on any atom is 0.327 e. The summed E-state index contributed by atoms with van der Waals surface area (Å²) in [5.41, 5.74) is 6.45. The Balaban J connectivity index is 1.97. The van der Waals surface area contributed by atoms with Gasteiger partial charge in [-0.1, -0.05) is 30.3 Å². The van der Waals surface area contributed by atoms with Crippen LogP contribution in [0.25, 0.3) is 0 Å². The number of carbonyl (C=O) groups is 1. The van der Waals surface area contributed by atoms with E-state index in [9.17, 15) is 4.79 Å². The standard InChI is InChI=1S/C13H18N2O2/c1-17-12(16)13(14)7-8-15(10-13)9-11-5-3-2-4-6-11/h2-6H,7-10,14H2,1H3/t13-/m1/s1. The van der Waals surface area contributed by atoms with Gasteiger partial charge in [0.15, 0.2) is 0 Å². The molecule has 1 saturated heterocycles. The number of hydrogen-bond donors (Lipinski definition) is 1. The molecule has 1 aromatic carbocycles. The van der Waals surface area contributed by atoms with Crippen LogP contribution in [0.1, 0.15) is 12.0 Å². The second-order valence-corrected chi connectivity index (χ2v) is 4.59. The van der Waals surface area contributed by atoms with Crippen LogP contribution in [0.3, 0.4) is 0 Å². The highest BCUT2D eigenvalue weighted by Crippen LogP contribution is 2.21. The topological polar surface area (TPSA) is 55.6 Å². The van der Waals surface area contributed by atoms with Crippen molar-refractivity contribution in [3.8, 4) is 0 Å². The average molecular weight is 234 g/mol. The van der Waals surface area contributed by atoms with Gasteiger partial charge in [-0.3, -0.25) is 9.69 Å². The molecule has 0 aliphatic carbocycles. The number of benzene rings is 1. The molecule has 2 rings (SSSR count). The lowest BCUT2D eigenvalue weighted by Crippen LogP contribution is -2.50. The van der Waals surface area contributed by atoms with Crippen LogP contribution >= 0.6 is 0 Å². The van der Waals surface area contributed by atoms with Crippen molar-refractivity contribution >= 4 is 5.97 Å². The van der Waals surface area contributed by atoms with Crippen LogP contribution in [0.2, 0.25) is 0 Å². The number of ether oxygens (including phenoxy) is 1. The lowest BCUT2D eigenvalue weighted by Gasteiger charge is -2.21. The number of carbonyl (C=O) groups excluding carboxylic acids is 1. The van der Waals surface area contributed by atoms with E-state index in [1.54, 1.807) is 0 Å². The molecule has 0 aromatic heterocycles. The van der Waals surface area contributed by atoms with Gasteiger partial charge < -0.3 is 10.5 Å². The Morgan fingerprint density at radius 3 is 2.82 bits per heavy atom. The summed E-state index contributed by atoms with van der Waals surface area (Å²) in [5, 5.41) is 0. The minimum absolute atomic E-state index is 0.312. The first-order valence-corrected chi connectivity index (χ1v) is 5.78. The van der Waals surface area contributed by atoms with Crippen LogP contribution in [0.5, 0.6) is 0 Å². The molecule has 92 valence electrons. The molecule has 17 heavy (non-hydrogen) atoms. The van der Waals surface area contributed by atoms with Crippen molar-refractivity contribution in [3.05, 3.63) is 35.9 Å². The highest BCUT2D eigenvalue weighted by molar-refractivity contribution is 5.81. The predicted octanol–water partition coefficient (Wildman–Crippen LogP) is 0.763. The molecule has 1 atom stereocenters. The highest BCUT2D eigenvalue weighted by atomic mass is 16.5. The summed E-state index contributed by atoms with van der Waals surface area (Å²) in [4.78, 5) is 13.7. The van der Waals surface area contributed by atoms with Gasteiger partial charge >= 0.3 is 5.97 Å². The zero-order valence-corrected chi connectivity index (χ0v) is 10.1. The monoisotopic (exact) mass is 234 g/mol. The Morgan fingerprint density at radius 1 is 1.47 bits per heavy atom. The van der Waals surface area contributed by atoms with Gasteiger partial charge in [-0.05, 0) is 12.0 Å². The average Bonchev–Trinajstić information content (AvgIpc) is 2.72. The van der Waals surface area contributed by atoms with Crippen LogP contribution in [-0.4, -0.2) is 36.6 Å². The molecule has 1 fully saturated rings. The van der Waals surface area contributed by atoms with Crippen molar-refractivity contribution in [1.82, 2.24) is 4.90 Å². The number of rotatable bonds is 3. The normalized spacial score (nSPS) is 24.8. The Bertz CT molecular complexity index is 394. The van der Waals surface area contributed by atoms with Gasteiger partial charge in [0.05, 0.1) is 7.11 Å². The largest absolute Gasteiger partial charge is 0.468 e. The first kappa shape index (κ1) is 12.1. The fourth-order valence-electron chi connectivity index (χ4n) is 2.26. The Hall–Kier alpha value is -1.39. The third-order valence-corrected chi connectivity index (χ3v) is 3.22. The van der Waals surface area contributed by atoms with E-state index >= 15 is 0 Å². The summed E-state index contributed by atoms with van der Waals surface area (Å²) in [5.74, 6) is -0.312. The summed E-state index contributed by atoms with van der Waals surface area (Å²) in [6.45, 7) is 2.23. The first-order chi connectivity index (χ1) is 8.14. The second-order valence-electron chi connectivity index (χ2n) is 4.59. The fourth-order valence-corrected chi connectivity index (χ4v) is 2.26. The molecule has 1 aliphatic rings. The maximum atomic E-state index is 11.6. The number of methoxy groups -OCH3 is 1. The van der Waals surface area contributed by atoms with Crippen LogP contribution in [0, 0.1) is 0 Å². The van der Waals surface area contributed by atoms with E-state index in [4.69, 9.17) is 10.5 Å². The van der Waals surface area contributed by atoms with Crippen molar-refractivity contribution < 1.29 is 9.53 Å². The molecule has 0 bridgehead atoms. The smallest absolute Gasteiger partial charge is 0.327 e. The number of likely N-dealkylation sites (tertiary alicyclic amines) is 1. The van der Waals surface area contributed by atoms with Crippen molar-refractivity contribution in [2.24, 2.45) is 5.73 Å². The summed E-state index contributed by atoms with van der Waals surface area (Å²) in [6.07, 6.45) is 0.659. The molecule has 0 radical (unpaired) electrons. The Morgan fingerprint density at radius 2 is 2.18 bits per heavy atom. The van der Waals surface area contributed by atoms with Crippen molar-refractivity contribution in [1.29, 1.82) is 0 Å². The summed E-state index contributed by atoms with van der Waals surface area (Å²) in [6, 6.07) is 10.2. The zero-order valence-electron chi connectivity index (χ0n) is 10.1. The van der Waals surface area contributed by atoms with E-state index in [1.165, 1.54) is 12.7 Å². The molecule has 4 heteroatoms. The van der Waals surface area contributed by atoms with Gasteiger partial charge in [0.25, 0.3) is 0 Å². The second kappa shape index (κ2) is 4.85. The Labute approximate surface area is 101 Å². The highest BCUT2D eigenvalue weighted by Gasteiger charge is 2.41. The lowest BCUT2D eigenvalue weighted by molar-refractivity contribution is -0.146. The lowest BCUT2D eigenvalue weighted by atomic mass is 10.0. The molecule has 0 amide bonds. The predicted molar refractivity (Wildman–Crippen MR) is 65.3 cm³/mol. The molecule has 0 spiro atoms. The molecule has 4 nitrogen and oxygen atoms in total. The van der Waals surface area contributed by atoms with Gasteiger partial charge in [0, 0.05) is 19.6 Å². The third-order valence-electron chi connectivity index (χ3n) is 3.22. The molecule has 0 saturated carbocycles. The molecule has 0 unspecified atom stereocenters. The van der Waals surface area contributed by atoms with Crippen LogP contribution in [-0.2, 0) is 16.1 Å². The van der Waals surface area contributed by atoms with Crippen molar-refractivity contribution in [2.75, 3.05) is 20.2 Å². The summed E-state index contributed by atoms with van der Waals surface area (Å²) >= 11 is 0. The Kier molecular flexibility index (Phi) is 3.45. The zero-order chi connectivity index (χ0) is 12.3. The van der Waals surface area contributed by atoms with Gasteiger partial charge in [0.2, 0.25) is 0 Å². The van der Waals surface area contributed by atoms with Crippen LogP contribution in [0.4, 0.5) is 0 Å². The molecular weight excluding hydrogens is 216 g/mol. The minimum Gasteiger partial charge on any atom is -0.468 e. The van der Waals surface area contributed by atoms with Gasteiger partial charge in [-0.2, -0.15) is 0 Å². The van der Waals surface area contributed by atoms with Gasteiger partial charge in [0.1, 0.15) is 5.54 Å². The summed E-state index contributed by atoms with van der Waals surface area (Å²) in [7, 11) is 1.39. The van der Waals surface area contributed by atoms with E-state index in [2.05, 4.69) is 17.0 Å². The molecule has 1 heterocycles. The van der Waals surface area contributed by atoms with E-state index in [-0.39, 0.29) is 5.97 Å². The van der Waals surface area contributed by atoms with E-state index < -0.39 is 5.54 Å². The van der Waals surface area contributed by atoms with E-state index in [1.807, 2.05) is 18.2 Å². The molecule has 1 aromatic rings. The quantitative estimate of drug-likeness (QED) is 0.785. The fraction of sp³-hybridized carbons (Fsp3) is 0.462. The third kappa shape index (κ3) is 2.65. The maximum absolute atomic E-state index is 11.6. The molecular formula is C13H18N2O2. The van der Waals surface area contributed by atoms with Gasteiger partial charge in [-0.25, -0.2) is 0 Å². The number of nitrogens with two attached hydrogens (primary N) is 1. The van der Waals surface area contributed by atoms with Crippen LogP contribution < -0.4 is 5.73 Å². The molecule has 2 N–H and O–H groups in total. The number of esters is 1. The van der Waals surface area contributed by atoms with E-state index in [0.29, 0.717) is 13.0 Å². The molecule has 1 aliphatic heterocycles. The number of nitrogens with zero attached hydrogens (tertiary/aromatic N) is 1.